The van der Waals surface area contributed by atoms with Crippen LogP contribution in [0.25, 0.3) is 10.9 Å². The molecule has 27 heavy (non-hydrogen) atoms. The molecule has 1 aromatic carbocycles. The molecule has 8 heteroatoms. The van der Waals surface area contributed by atoms with Crippen molar-refractivity contribution in [2.24, 2.45) is 0 Å². The lowest BCUT2D eigenvalue weighted by Gasteiger charge is -2.05. The summed E-state index contributed by atoms with van der Waals surface area (Å²) in [5.41, 5.74) is 1.52. The largest absolute Gasteiger partial charge is 0.374 e. The van der Waals surface area contributed by atoms with Crippen LogP contribution in [0.5, 0.6) is 0 Å². The Morgan fingerprint density at radius 2 is 2.07 bits per heavy atom. The first-order valence-electron chi connectivity index (χ1n) is 8.80. The van der Waals surface area contributed by atoms with Crippen molar-refractivity contribution in [1.29, 1.82) is 0 Å². The highest BCUT2D eigenvalue weighted by Gasteiger charge is 2.17. The van der Waals surface area contributed by atoms with Crippen molar-refractivity contribution < 1.29 is 14.3 Å². The fourth-order valence-corrected chi connectivity index (χ4v) is 3.61. The third-order valence-corrected chi connectivity index (χ3v) is 5.27. The van der Waals surface area contributed by atoms with E-state index < -0.39 is 0 Å². The van der Waals surface area contributed by atoms with Crippen LogP contribution < -0.4 is 5.32 Å². The lowest BCUT2D eigenvalue weighted by atomic mass is 10.1. The SMILES string of the molecule is CCCC(=O)c1cn(CC(=O)Nc2nnc(C(C)OC)s2)c2ccccc12. The molecule has 2 heterocycles. The molecular weight excluding hydrogens is 364 g/mol. The third-order valence-electron chi connectivity index (χ3n) is 4.27. The number of Topliss-reactive ketones (excluding diaryl/α,β-unsaturated/α-hetero) is 1. The molecule has 7 nitrogen and oxygen atoms in total. The summed E-state index contributed by atoms with van der Waals surface area (Å²) in [7, 11) is 1.60. The number of aromatic nitrogens is 3. The van der Waals surface area contributed by atoms with Crippen molar-refractivity contribution in [3.63, 3.8) is 0 Å². The highest BCUT2D eigenvalue weighted by atomic mass is 32.1. The molecule has 3 rings (SSSR count). The number of ketones is 1. The molecule has 0 spiro atoms. The first-order chi connectivity index (χ1) is 13.0. The molecule has 0 bridgehead atoms. The summed E-state index contributed by atoms with van der Waals surface area (Å²) < 4.78 is 7.00. The van der Waals surface area contributed by atoms with Crippen LogP contribution in [0.2, 0.25) is 0 Å². The third kappa shape index (κ3) is 4.23. The first-order valence-corrected chi connectivity index (χ1v) is 9.62. The van der Waals surface area contributed by atoms with Gasteiger partial charge in [-0.05, 0) is 19.4 Å². The smallest absolute Gasteiger partial charge is 0.246 e. The normalized spacial score (nSPS) is 12.3. The van der Waals surface area contributed by atoms with Crippen LogP contribution in [0.15, 0.2) is 30.5 Å². The average molecular weight is 386 g/mol. The average Bonchev–Trinajstić information content (AvgIpc) is 3.26. The van der Waals surface area contributed by atoms with Gasteiger partial charge in [0.25, 0.3) is 0 Å². The molecule has 1 atom stereocenters. The molecule has 1 N–H and O–H groups in total. The topological polar surface area (TPSA) is 86.1 Å². The predicted octanol–water partition coefficient (Wildman–Crippen LogP) is 3.82. The number of benzene rings is 1. The highest BCUT2D eigenvalue weighted by Crippen LogP contribution is 2.25. The Morgan fingerprint density at radius 1 is 1.30 bits per heavy atom. The molecular formula is C19H22N4O3S. The Bertz CT molecular complexity index is 963. The molecule has 2 aromatic heterocycles. The van der Waals surface area contributed by atoms with E-state index in [1.54, 1.807) is 17.9 Å². The minimum absolute atomic E-state index is 0.0919. The van der Waals surface area contributed by atoms with Crippen LogP contribution >= 0.6 is 11.3 Å². The maximum absolute atomic E-state index is 12.5. The summed E-state index contributed by atoms with van der Waals surface area (Å²) in [6.07, 6.45) is 2.87. The maximum Gasteiger partial charge on any atom is 0.246 e. The number of rotatable bonds is 8. The number of para-hydroxylation sites is 1. The first kappa shape index (κ1) is 19.2. The van der Waals surface area contributed by atoms with Crippen molar-refractivity contribution in [2.45, 2.75) is 39.3 Å². The molecule has 0 aliphatic rings. The quantitative estimate of drug-likeness (QED) is 0.595. The van der Waals surface area contributed by atoms with Gasteiger partial charge >= 0.3 is 0 Å². The Labute approximate surface area is 161 Å². The van der Waals surface area contributed by atoms with E-state index in [0.29, 0.717) is 22.1 Å². The molecule has 0 saturated heterocycles. The number of methoxy groups -OCH3 is 1. The second-order valence-electron chi connectivity index (χ2n) is 6.23. The van der Waals surface area contributed by atoms with Gasteiger partial charge in [-0.1, -0.05) is 36.5 Å². The number of carbonyl (C=O) groups excluding carboxylic acids is 2. The van der Waals surface area contributed by atoms with E-state index in [2.05, 4.69) is 15.5 Å². The van der Waals surface area contributed by atoms with Gasteiger partial charge in [0.15, 0.2) is 5.78 Å². The van der Waals surface area contributed by atoms with Gasteiger partial charge in [0.1, 0.15) is 17.7 Å². The van der Waals surface area contributed by atoms with E-state index in [1.165, 1.54) is 11.3 Å². The molecule has 0 fully saturated rings. The fourth-order valence-electron chi connectivity index (χ4n) is 2.83. The summed E-state index contributed by atoms with van der Waals surface area (Å²) >= 11 is 1.28. The number of ether oxygens (including phenoxy) is 1. The molecule has 0 aliphatic carbocycles. The van der Waals surface area contributed by atoms with E-state index in [-0.39, 0.29) is 24.3 Å². The predicted molar refractivity (Wildman–Crippen MR) is 105 cm³/mol. The lowest BCUT2D eigenvalue weighted by Crippen LogP contribution is -2.18. The van der Waals surface area contributed by atoms with Crippen molar-refractivity contribution in [3.8, 4) is 0 Å². The van der Waals surface area contributed by atoms with Crippen LogP contribution in [-0.2, 0) is 16.1 Å². The Morgan fingerprint density at radius 3 is 2.81 bits per heavy atom. The number of anilines is 1. The number of fused-ring (bicyclic) bond motifs is 1. The number of nitrogens with zero attached hydrogens (tertiary/aromatic N) is 3. The van der Waals surface area contributed by atoms with Crippen molar-refractivity contribution in [3.05, 3.63) is 41.0 Å². The number of hydrogen-bond donors (Lipinski definition) is 1. The zero-order valence-electron chi connectivity index (χ0n) is 15.6. The van der Waals surface area contributed by atoms with Gasteiger partial charge in [-0.3, -0.25) is 14.9 Å². The van der Waals surface area contributed by atoms with Crippen LogP contribution in [-0.4, -0.2) is 33.6 Å². The van der Waals surface area contributed by atoms with Crippen LogP contribution in [0, 0.1) is 0 Å². The minimum Gasteiger partial charge on any atom is -0.374 e. The molecule has 3 aromatic rings. The van der Waals surface area contributed by atoms with E-state index >= 15 is 0 Å². The van der Waals surface area contributed by atoms with E-state index in [0.717, 1.165) is 17.3 Å². The molecule has 0 aliphatic heterocycles. The van der Waals surface area contributed by atoms with Gasteiger partial charge in [-0.25, -0.2) is 0 Å². The second kappa shape index (κ2) is 8.41. The van der Waals surface area contributed by atoms with E-state index in [9.17, 15) is 9.59 Å². The minimum atomic E-state index is -0.224. The molecule has 1 amide bonds. The molecule has 142 valence electrons. The maximum atomic E-state index is 12.5. The Balaban J connectivity index is 1.79. The van der Waals surface area contributed by atoms with Crippen LogP contribution in [0.3, 0.4) is 0 Å². The fraction of sp³-hybridized carbons (Fsp3) is 0.368. The van der Waals surface area contributed by atoms with E-state index in [4.69, 9.17) is 4.74 Å². The molecule has 0 radical (unpaired) electrons. The zero-order chi connectivity index (χ0) is 19.4. The highest BCUT2D eigenvalue weighted by molar-refractivity contribution is 7.15. The number of hydrogen-bond acceptors (Lipinski definition) is 6. The number of carbonyl (C=O) groups is 2. The van der Waals surface area contributed by atoms with Crippen molar-refractivity contribution >= 4 is 39.1 Å². The Kier molecular flexibility index (Phi) is 5.98. The monoisotopic (exact) mass is 386 g/mol. The molecule has 1 unspecified atom stereocenters. The molecule has 0 saturated carbocycles. The number of amides is 1. The van der Waals surface area contributed by atoms with Crippen molar-refractivity contribution in [1.82, 2.24) is 14.8 Å². The van der Waals surface area contributed by atoms with Crippen LogP contribution in [0.4, 0.5) is 5.13 Å². The van der Waals surface area contributed by atoms with Crippen molar-refractivity contribution in [2.75, 3.05) is 12.4 Å². The van der Waals surface area contributed by atoms with Gasteiger partial charge in [-0.2, -0.15) is 0 Å². The van der Waals surface area contributed by atoms with Gasteiger partial charge in [0.05, 0.1) is 0 Å². The van der Waals surface area contributed by atoms with Gasteiger partial charge in [0.2, 0.25) is 11.0 Å². The summed E-state index contributed by atoms with van der Waals surface area (Å²) in [5, 5.41) is 12.8. The summed E-state index contributed by atoms with van der Waals surface area (Å²) in [5.74, 6) is -0.131. The summed E-state index contributed by atoms with van der Waals surface area (Å²) in [6.45, 7) is 3.94. The Hall–Kier alpha value is -2.58. The van der Waals surface area contributed by atoms with Gasteiger partial charge in [0, 0.05) is 36.2 Å². The number of nitrogens with one attached hydrogen (secondary N) is 1. The van der Waals surface area contributed by atoms with E-state index in [1.807, 2.05) is 38.1 Å². The van der Waals surface area contributed by atoms with Gasteiger partial charge in [-0.15, -0.1) is 10.2 Å². The summed E-state index contributed by atoms with van der Waals surface area (Å²) in [4.78, 5) is 24.9. The zero-order valence-corrected chi connectivity index (χ0v) is 16.4. The van der Waals surface area contributed by atoms with Crippen LogP contribution in [0.1, 0.15) is 48.2 Å². The lowest BCUT2D eigenvalue weighted by molar-refractivity contribution is -0.116. The van der Waals surface area contributed by atoms with Gasteiger partial charge < -0.3 is 9.30 Å². The standard InChI is InChI=1S/C19H22N4O3S/c1-4-7-16(24)14-10-23(15-9-6-5-8-13(14)15)11-17(25)20-19-22-21-18(27-19)12(2)26-3/h5-6,8-10,12H,4,7,11H2,1-3H3,(H,20,22,25). The summed E-state index contributed by atoms with van der Waals surface area (Å²) in [6, 6.07) is 7.62. The second-order valence-corrected chi connectivity index (χ2v) is 7.24.